The highest BCUT2D eigenvalue weighted by Crippen LogP contribution is 2.46. The number of nitrogens with zero attached hydrogens (tertiary/aromatic N) is 3. The van der Waals surface area contributed by atoms with Crippen LogP contribution in [0.5, 0.6) is 11.5 Å². The predicted octanol–water partition coefficient (Wildman–Crippen LogP) is 6.91. The van der Waals surface area contributed by atoms with Gasteiger partial charge in [0.2, 0.25) is 0 Å². The quantitative estimate of drug-likeness (QED) is 0.119. The summed E-state index contributed by atoms with van der Waals surface area (Å²) in [7, 11) is 0. The first-order chi connectivity index (χ1) is 20.9. The van der Waals surface area contributed by atoms with E-state index in [-0.39, 0.29) is 11.3 Å². The number of aromatic nitrogens is 2. The lowest BCUT2D eigenvalue weighted by Gasteiger charge is -2.24. The molecule has 3 heterocycles. The van der Waals surface area contributed by atoms with Gasteiger partial charge in [-0.05, 0) is 73.4 Å². The van der Waals surface area contributed by atoms with Crippen LogP contribution in [0, 0.1) is 13.8 Å². The molecule has 0 radical (unpaired) electrons. The van der Waals surface area contributed by atoms with Gasteiger partial charge in [-0.3, -0.25) is 19.5 Å². The van der Waals surface area contributed by atoms with Gasteiger partial charge in [0.25, 0.3) is 5.78 Å². The number of thiazole rings is 1. The number of anilines is 1. The lowest BCUT2D eigenvalue weighted by atomic mass is 9.95. The Morgan fingerprint density at radius 1 is 0.953 bits per heavy atom. The standard InChI is InChI=1S/C34H29N3O5S/c1-4-41-26-18-24(10-11-25(26)42-19-22-8-6-5-7-9-22)30-28(31(38)23-12-14-35-15-13-23)32(39)33(40)37(30)34-36-29-21(3)16-20(2)17-27(29)43-34/h5-18,30,38H,4,19H2,1-3H3. The second-order valence-corrected chi connectivity index (χ2v) is 11.3. The van der Waals surface area contributed by atoms with Crippen molar-refractivity contribution in [2.24, 2.45) is 0 Å². The van der Waals surface area contributed by atoms with Crippen molar-refractivity contribution in [3.63, 3.8) is 0 Å². The number of carbonyl (C=O) groups is 2. The van der Waals surface area contributed by atoms with Crippen molar-refractivity contribution >= 4 is 44.1 Å². The fourth-order valence-corrected chi connectivity index (χ4v) is 6.46. The molecule has 2 aromatic heterocycles. The van der Waals surface area contributed by atoms with Gasteiger partial charge in [-0.1, -0.05) is 53.8 Å². The van der Waals surface area contributed by atoms with Crippen LogP contribution in [-0.4, -0.2) is 33.4 Å². The van der Waals surface area contributed by atoms with Gasteiger partial charge in [-0.2, -0.15) is 0 Å². The molecule has 1 atom stereocenters. The number of aliphatic hydroxyl groups excluding tert-OH is 1. The van der Waals surface area contributed by atoms with Crippen molar-refractivity contribution in [2.75, 3.05) is 11.5 Å². The highest BCUT2D eigenvalue weighted by Gasteiger charge is 2.48. The molecule has 0 spiro atoms. The van der Waals surface area contributed by atoms with E-state index >= 15 is 0 Å². The van der Waals surface area contributed by atoms with Gasteiger partial charge in [0, 0.05) is 18.0 Å². The number of ether oxygens (including phenoxy) is 2. The second-order valence-electron chi connectivity index (χ2n) is 10.2. The first-order valence-electron chi connectivity index (χ1n) is 13.9. The van der Waals surface area contributed by atoms with E-state index in [1.807, 2.05) is 63.2 Å². The maximum absolute atomic E-state index is 13.7. The second kappa shape index (κ2) is 11.7. The minimum absolute atomic E-state index is 0.0382. The van der Waals surface area contributed by atoms with E-state index in [0.717, 1.165) is 26.9 Å². The molecule has 6 rings (SSSR count). The van der Waals surface area contributed by atoms with Crippen LogP contribution < -0.4 is 14.4 Å². The third-order valence-corrected chi connectivity index (χ3v) is 8.24. The zero-order chi connectivity index (χ0) is 30.1. The third-order valence-electron chi connectivity index (χ3n) is 7.24. The summed E-state index contributed by atoms with van der Waals surface area (Å²) in [6.07, 6.45) is 3.04. The van der Waals surface area contributed by atoms with Crippen molar-refractivity contribution in [3.8, 4) is 11.5 Å². The smallest absolute Gasteiger partial charge is 0.301 e. The molecule has 1 unspecified atom stereocenters. The molecule has 216 valence electrons. The van der Waals surface area contributed by atoms with Crippen molar-refractivity contribution in [1.29, 1.82) is 0 Å². The number of carbonyl (C=O) groups excluding carboxylic acids is 2. The number of aryl methyl sites for hydroxylation is 2. The molecule has 0 saturated carbocycles. The van der Waals surface area contributed by atoms with Crippen molar-refractivity contribution in [1.82, 2.24) is 9.97 Å². The van der Waals surface area contributed by atoms with E-state index in [2.05, 4.69) is 4.98 Å². The summed E-state index contributed by atoms with van der Waals surface area (Å²) in [5.74, 6) is -0.873. The van der Waals surface area contributed by atoms with Crippen LogP contribution in [0.25, 0.3) is 16.0 Å². The number of pyridine rings is 1. The Bertz CT molecular complexity index is 1870. The number of aliphatic hydroxyl groups is 1. The number of hydrogen-bond acceptors (Lipinski definition) is 8. The summed E-state index contributed by atoms with van der Waals surface area (Å²) in [6.45, 7) is 6.55. The molecule has 1 aliphatic heterocycles. The minimum atomic E-state index is -0.961. The molecule has 1 N–H and O–H groups in total. The highest BCUT2D eigenvalue weighted by atomic mass is 32.1. The molecular weight excluding hydrogens is 562 g/mol. The van der Waals surface area contributed by atoms with Crippen LogP contribution in [0.15, 0.2) is 90.8 Å². The summed E-state index contributed by atoms with van der Waals surface area (Å²) >= 11 is 1.33. The van der Waals surface area contributed by atoms with E-state index in [1.54, 1.807) is 30.3 Å². The Balaban J connectivity index is 1.50. The number of rotatable bonds is 8. The molecule has 43 heavy (non-hydrogen) atoms. The van der Waals surface area contributed by atoms with Gasteiger partial charge < -0.3 is 14.6 Å². The first-order valence-corrected chi connectivity index (χ1v) is 14.7. The molecule has 1 aliphatic rings. The van der Waals surface area contributed by atoms with Gasteiger partial charge in [0.1, 0.15) is 12.4 Å². The fraction of sp³-hybridized carbons (Fsp3) is 0.176. The minimum Gasteiger partial charge on any atom is -0.507 e. The van der Waals surface area contributed by atoms with E-state index < -0.39 is 17.7 Å². The summed E-state index contributed by atoms with van der Waals surface area (Å²) in [6, 6.07) is 21.4. The van der Waals surface area contributed by atoms with Crippen molar-refractivity contribution in [3.05, 3.63) is 119 Å². The maximum Gasteiger partial charge on any atom is 0.301 e. The summed E-state index contributed by atoms with van der Waals surface area (Å²) < 4.78 is 13.0. The molecule has 8 nitrogen and oxygen atoms in total. The topological polar surface area (TPSA) is 102 Å². The molecule has 1 amide bonds. The van der Waals surface area contributed by atoms with E-state index in [0.29, 0.717) is 41.0 Å². The molecule has 3 aromatic carbocycles. The molecule has 0 bridgehead atoms. The Kier molecular flexibility index (Phi) is 7.65. The summed E-state index contributed by atoms with van der Waals surface area (Å²) in [4.78, 5) is 37.6. The van der Waals surface area contributed by atoms with Gasteiger partial charge >= 0.3 is 5.91 Å². The molecule has 0 aliphatic carbocycles. The van der Waals surface area contributed by atoms with Crippen molar-refractivity contribution < 1.29 is 24.2 Å². The van der Waals surface area contributed by atoms with Crippen LogP contribution in [0.4, 0.5) is 5.13 Å². The van der Waals surface area contributed by atoms with Crippen molar-refractivity contribution in [2.45, 2.75) is 33.4 Å². The Morgan fingerprint density at radius 3 is 2.47 bits per heavy atom. The predicted molar refractivity (Wildman–Crippen MR) is 166 cm³/mol. The van der Waals surface area contributed by atoms with Gasteiger partial charge in [-0.25, -0.2) is 4.98 Å². The molecule has 1 fully saturated rings. The Morgan fingerprint density at radius 2 is 1.72 bits per heavy atom. The maximum atomic E-state index is 13.7. The number of Topliss-reactive ketones (excluding diaryl/α,β-unsaturated/α-hetero) is 1. The van der Waals surface area contributed by atoms with Crippen LogP contribution in [0.3, 0.4) is 0 Å². The average molecular weight is 592 g/mol. The molecule has 9 heteroatoms. The van der Waals surface area contributed by atoms with E-state index in [1.165, 1.54) is 28.6 Å². The lowest BCUT2D eigenvalue weighted by molar-refractivity contribution is -0.132. The van der Waals surface area contributed by atoms with Gasteiger partial charge in [0.15, 0.2) is 16.6 Å². The molecule has 1 saturated heterocycles. The fourth-order valence-electron chi connectivity index (χ4n) is 5.29. The van der Waals surface area contributed by atoms with Crippen LogP contribution in [-0.2, 0) is 16.2 Å². The number of amides is 1. The Hall–Kier alpha value is -5.02. The normalized spacial score (nSPS) is 16.2. The Labute approximate surface area is 252 Å². The van der Waals surface area contributed by atoms with Crippen LogP contribution >= 0.6 is 11.3 Å². The van der Waals surface area contributed by atoms with Crippen LogP contribution in [0.2, 0.25) is 0 Å². The summed E-state index contributed by atoms with van der Waals surface area (Å²) in [5, 5.41) is 11.8. The number of fused-ring (bicyclic) bond motifs is 1. The molecule has 5 aromatic rings. The highest BCUT2D eigenvalue weighted by molar-refractivity contribution is 7.22. The largest absolute Gasteiger partial charge is 0.507 e. The number of hydrogen-bond donors (Lipinski definition) is 1. The average Bonchev–Trinajstić information content (AvgIpc) is 3.55. The monoisotopic (exact) mass is 591 g/mol. The molecular formula is C34H29N3O5S. The number of benzene rings is 3. The van der Waals surface area contributed by atoms with Gasteiger partial charge in [-0.15, -0.1) is 0 Å². The first kappa shape index (κ1) is 28.1. The third kappa shape index (κ3) is 5.35. The lowest BCUT2D eigenvalue weighted by Crippen LogP contribution is -2.29. The number of ketones is 1. The van der Waals surface area contributed by atoms with E-state index in [9.17, 15) is 14.7 Å². The summed E-state index contributed by atoms with van der Waals surface area (Å²) in [5.41, 5.74) is 4.72. The zero-order valence-corrected chi connectivity index (χ0v) is 24.7. The van der Waals surface area contributed by atoms with Crippen LogP contribution in [0.1, 0.15) is 40.8 Å². The zero-order valence-electron chi connectivity index (χ0n) is 23.9. The SMILES string of the molecule is CCOc1cc(C2C(=C(O)c3ccncc3)C(=O)C(=O)N2c2nc3c(C)cc(C)cc3s2)ccc1OCc1ccccc1. The van der Waals surface area contributed by atoms with Gasteiger partial charge in [0.05, 0.1) is 28.4 Å². The van der Waals surface area contributed by atoms with E-state index in [4.69, 9.17) is 14.5 Å².